The Balaban J connectivity index is 1.22. The Kier molecular flexibility index (Phi) is 5.86. The summed E-state index contributed by atoms with van der Waals surface area (Å²) in [5.41, 5.74) is 3.51. The lowest BCUT2D eigenvalue weighted by Crippen LogP contribution is -2.36. The monoisotopic (exact) mass is 409 g/mol. The lowest BCUT2D eigenvalue weighted by molar-refractivity contribution is -0.132. The molecule has 29 heavy (non-hydrogen) atoms. The number of amides is 2. The van der Waals surface area contributed by atoms with Crippen LogP contribution in [0.3, 0.4) is 0 Å². The molecule has 1 aliphatic rings. The van der Waals surface area contributed by atoms with Crippen molar-refractivity contribution in [1.29, 1.82) is 0 Å². The maximum absolute atomic E-state index is 12.5. The molecular weight excluding hydrogens is 386 g/mol. The van der Waals surface area contributed by atoms with E-state index in [9.17, 15) is 9.59 Å². The van der Waals surface area contributed by atoms with E-state index in [0.717, 1.165) is 23.9 Å². The van der Waals surface area contributed by atoms with E-state index < -0.39 is 0 Å². The molecule has 0 saturated carbocycles. The summed E-state index contributed by atoms with van der Waals surface area (Å²) in [6.45, 7) is 2.19. The van der Waals surface area contributed by atoms with Gasteiger partial charge in [-0.3, -0.25) is 9.59 Å². The number of fused-ring (bicyclic) bond motifs is 2. The van der Waals surface area contributed by atoms with Gasteiger partial charge in [0.1, 0.15) is 6.54 Å². The van der Waals surface area contributed by atoms with E-state index in [1.807, 2.05) is 52.1 Å². The van der Waals surface area contributed by atoms with Gasteiger partial charge in [-0.05, 0) is 47.6 Å². The van der Waals surface area contributed by atoms with Gasteiger partial charge in [0.2, 0.25) is 11.8 Å². The number of hydrogen-bond acceptors (Lipinski definition) is 2. The number of carbonyl (C=O) groups is 2. The molecule has 2 aromatic carbocycles. The van der Waals surface area contributed by atoms with Gasteiger partial charge in [-0.1, -0.05) is 41.9 Å². The first-order valence-electron chi connectivity index (χ1n) is 9.96. The summed E-state index contributed by atoms with van der Waals surface area (Å²) < 4.78 is 1.88. The van der Waals surface area contributed by atoms with Crippen LogP contribution < -0.4 is 5.32 Å². The highest BCUT2D eigenvalue weighted by atomic mass is 35.5. The van der Waals surface area contributed by atoms with Crippen LogP contribution in [0.1, 0.15) is 24.0 Å². The van der Waals surface area contributed by atoms with E-state index in [4.69, 9.17) is 11.6 Å². The van der Waals surface area contributed by atoms with Crippen LogP contribution in [0.2, 0.25) is 5.02 Å². The van der Waals surface area contributed by atoms with Crippen molar-refractivity contribution in [3.05, 3.63) is 70.9 Å². The fourth-order valence-electron chi connectivity index (χ4n) is 3.84. The van der Waals surface area contributed by atoms with Crippen molar-refractivity contribution in [3.63, 3.8) is 0 Å². The van der Waals surface area contributed by atoms with E-state index in [0.29, 0.717) is 31.0 Å². The molecule has 0 fully saturated rings. The average Bonchev–Trinajstić information content (AvgIpc) is 3.12. The molecule has 1 aliphatic heterocycles. The number of benzene rings is 2. The highest BCUT2D eigenvalue weighted by Gasteiger charge is 2.19. The van der Waals surface area contributed by atoms with Gasteiger partial charge < -0.3 is 14.8 Å². The van der Waals surface area contributed by atoms with Gasteiger partial charge in [0.05, 0.1) is 0 Å². The Bertz CT molecular complexity index is 1040. The van der Waals surface area contributed by atoms with Gasteiger partial charge in [0.25, 0.3) is 0 Å². The number of rotatable bonds is 6. The molecule has 0 radical (unpaired) electrons. The molecule has 1 aromatic heterocycles. The minimum atomic E-state index is -0.0678. The molecule has 0 bridgehead atoms. The molecule has 6 heteroatoms. The van der Waals surface area contributed by atoms with Crippen LogP contribution in [0, 0.1) is 0 Å². The van der Waals surface area contributed by atoms with E-state index in [-0.39, 0.29) is 18.4 Å². The number of halogens is 1. The maximum Gasteiger partial charge on any atom is 0.239 e. The zero-order chi connectivity index (χ0) is 20.2. The normalized spacial score (nSPS) is 13.3. The standard InChI is InChI=1S/C23H24ClN3O2/c24-20-8-7-18-10-12-26(21(18)14-20)16-22(28)25-11-3-6-23(29)27-13-9-17-4-1-2-5-19(17)15-27/h1-2,4-5,7-8,10,12,14H,3,6,9,11,13,15-16H2,(H,25,28). The number of carbonyl (C=O) groups excluding carboxylic acids is 2. The quantitative estimate of drug-likeness (QED) is 0.630. The number of nitrogens with one attached hydrogen (secondary N) is 1. The summed E-state index contributed by atoms with van der Waals surface area (Å²) in [4.78, 5) is 26.7. The Labute approximate surface area is 175 Å². The fraction of sp³-hybridized carbons (Fsp3) is 0.304. The zero-order valence-corrected chi connectivity index (χ0v) is 17.0. The van der Waals surface area contributed by atoms with Crippen LogP contribution in [0.4, 0.5) is 0 Å². The molecule has 0 spiro atoms. The average molecular weight is 410 g/mol. The zero-order valence-electron chi connectivity index (χ0n) is 16.2. The van der Waals surface area contributed by atoms with Crippen LogP contribution >= 0.6 is 11.6 Å². The van der Waals surface area contributed by atoms with Crippen LogP contribution in [0.25, 0.3) is 10.9 Å². The second-order valence-corrected chi connectivity index (χ2v) is 7.87. The van der Waals surface area contributed by atoms with Crippen molar-refractivity contribution in [2.24, 2.45) is 0 Å². The van der Waals surface area contributed by atoms with Gasteiger partial charge in [0, 0.05) is 42.8 Å². The van der Waals surface area contributed by atoms with Gasteiger partial charge in [-0.2, -0.15) is 0 Å². The Morgan fingerprint density at radius 1 is 1.07 bits per heavy atom. The first-order valence-corrected chi connectivity index (χ1v) is 10.3. The topological polar surface area (TPSA) is 54.3 Å². The maximum atomic E-state index is 12.5. The van der Waals surface area contributed by atoms with Gasteiger partial charge in [0.15, 0.2) is 0 Å². The van der Waals surface area contributed by atoms with Crippen LogP contribution in [0.15, 0.2) is 54.7 Å². The molecule has 2 heterocycles. The van der Waals surface area contributed by atoms with Crippen molar-refractivity contribution in [1.82, 2.24) is 14.8 Å². The predicted molar refractivity (Wildman–Crippen MR) is 115 cm³/mol. The van der Waals surface area contributed by atoms with E-state index in [1.54, 1.807) is 0 Å². The van der Waals surface area contributed by atoms with E-state index in [2.05, 4.69) is 17.4 Å². The largest absolute Gasteiger partial charge is 0.355 e. The van der Waals surface area contributed by atoms with Crippen molar-refractivity contribution < 1.29 is 9.59 Å². The molecule has 3 aromatic rings. The van der Waals surface area contributed by atoms with Crippen LogP contribution in [-0.4, -0.2) is 34.4 Å². The summed E-state index contributed by atoms with van der Waals surface area (Å²) in [5.74, 6) is 0.0848. The molecule has 0 unspecified atom stereocenters. The second-order valence-electron chi connectivity index (χ2n) is 7.43. The van der Waals surface area contributed by atoms with Crippen molar-refractivity contribution >= 4 is 34.3 Å². The van der Waals surface area contributed by atoms with Gasteiger partial charge in [-0.15, -0.1) is 0 Å². The summed E-state index contributed by atoms with van der Waals surface area (Å²) in [6, 6.07) is 15.9. The molecule has 0 atom stereocenters. The number of hydrogen-bond donors (Lipinski definition) is 1. The predicted octanol–water partition coefficient (Wildman–Crippen LogP) is 3.78. The van der Waals surface area contributed by atoms with Crippen LogP contribution in [0.5, 0.6) is 0 Å². The molecule has 1 N–H and O–H groups in total. The highest BCUT2D eigenvalue weighted by molar-refractivity contribution is 6.31. The third kappa shape index (κ3) is 4.62. The Morgan fingerprint density at radius 2 is 1.90 bits per heavy atom. The second kappa shape index (κ2) is 8.70. The summed E-state index contributed by atoms with van der Waals surface area (Å²) >= 11 is 6.06. The fourth-order valence-corrected chi connectivity index (χ4v) is 4.01. The molecule has 0 saturated heterocycles. The highest BCUT2D eigenvalue weighted by Crippen LogP contribution is 2.21. The smallest absolute Gasteiger partial charge is 0.239 e. The molecule has 2 amide bonds. The van der Waals surface area contributed by atoms with Crippen molar-refractivity contribution in [2.75, 3.05) is 13.1 Å². The first-order chi connectivity index (χ1) is 14.1. The number of nitrogens with zero attached hydrogens (tertiary/aromatic N) is 2. The molecular formula is C23H24ClN3O2. The van der Waals surface area contributed by atoms with Crippen molar-refractivity contribution in [3.8, 4) is 0 Å². The molecule has 150 valence electrons. The van der Waals surface area contributed by atoms with Gasteiger partial charge >= 0.3 is 0 Å². The van der Waals surface area contributed by atoms with E-state index in [1.165, 1.54) is 11.1 Å². The van der Waals surface area contributed by atoms with Crippen molar-refractivity contribution in [2.45, 2.75) is 32.4 Å². The Hall–Kier alpha value is -2.79. The molecule has 0 aliphatic carbocycles. The summed E-state index contributed by atoms with van der Waals surface area (Å²) in [6.07, 6.45) is 3.89. The minimum absolute atomic E-state index is 0.0678. The third-order valence-electron chi connectivity index (χ3n) is 5.42. The number of aromatic nitrogens is 1. The lowest BCUT2D eigenvalue weighted by Gasteiger charge is -2.29. The van der Waals surface area contributed by atoms with Gasteiger partial charge in [-0.25, -0.2) is 0 Å². The Morgan fingerprint density at radius 3 is 2.76 bits per heavy atom. The van der Waals surface area contributed by atoms with Crippen LogP contribution in [-0.2, 0) is 29.1 Å². The first kappa shape index (κ1) is 19.5. The molecule has 5 nitrogen and oxygen atoms in total. The SMILES string of the molecule is O=C(Cn1ccc2ccc(Cl)cc21)NCCCC(=O)N1CCc2ccccc2C1. The minimum Gasteiger partial charge on any atom is -0.355 e. The third-order valence-corrected chi connectivity index (χ3v) is 5.66. The summed E-state index contributed by atoms with van der Waals surface area (Å²) in [5, 5.41) is 4.61. The summed E-state index contributed by atoms with van der Waals surface area (Å²) in [7, 11) is 0. The molecule has 4 rings (SSSR count). The van der Waals surface area contributed by atoms with E-state index >= 15 is 0 Å². The lowest BCUT2D eigenvalue weighted by atomic mass is 9.99.